The maximum Gasteiger partial charge on any atom is 0.463 e. The van der Waals surface area contributed by atoms with Crippen molar-refractivity contribution in [1.29, 1.82) is 0 Å². The van der Waals surface area contributed by atoms with Crippen molar-refractivity contribution in [1.82, 2.24) is 5.32 Å². The molecular weight excluding hydrogens is 277 g/mol. The van der Waals surface area contributed by atoms with Crippen LogP contribution >= 0.6 is 0 Å². The van der Waals surface area contributed by atoms with Crippen LogP contribution in [0.25, 0.3) is 0 Å². The molecule has 1 rings (SSSR count). The molecular formula is C10H12F5NO3. The first kappa shape index (κ1) is 15.6. The highest BCUT2D eigenvalue weighted by atomic mass is 19.4. The van der Waals surface area contributed by atoms with Gasteiger partial charge in [-0.3, -0.25) is 9.59 Å². The molecule has 0 radical (unpaired) electrons. The summed E-state index contributed by atoms with van der Waals surface area (Å²) in [6.07, 6.45) is -4.73. The highest BCUT2D eigenvalue weighted by Crippen LogP contribution is 2.36. The molecule has 2 atom stereocenters. The first-order chi connectivity index (χ1) is 8.57. The van der Waals surface area contributed by atoms with Crippen LogP contribution in [-0.4, -0.2) is 35.6 Å². The maximum atomic E-state index is 12.6. The third-order valence-electron chi connectivity index (χ3n) is 3.14. The van der Waals surface area contributed by atoms with Crippen molar-refractivity contribution < 1.29 is 36.6 Å². The normalized spacial score (nSPS) is 24.3. The average molecular weight is 289 g/mol. The Morgan fingerprint density at radius 3 is 2.21 bits per heavy atom. The monoisotopic (exact) mass is 289 g/mol. The molecule has 1 aliphatic carbocycles. The Balaban J connectivity index is 2.58. The van der Waals surface area contributed by atoms with E-state index in [9.17, 15) is 31.5 Å². The second-order valence-electron chi connectivity index (χ2n) is 4.42. The molecule has 0 aromatic rings. The van der Waals surface area contributed by atoms with Gasteiger partial charge in [0.25, 0.3) is 5.91 Å². The van der Waals surface area contributed by atoms with Crippen LogP contribution in [0.5, 0.6) is 0 Å². The van der Waals surface area contributed by atoms with Gasteiger partial charge in [-0.05, 0) is 18.8 Å². The number of nitrogens with one attached hydrogen (secondary N) is 1. The zero-order chi connectivity index (χ0) is 14.8. The molecule has 9 heteroatoms. The molecule has 0 spiro atoms. The lowest BCUT2D eigenvalue weighted by atomic mass is 9.96. The molecule has 0 aromatic heterocycles. The van der Waals surface area contributed by atoms with E-state index in [1.54, 1.807) is 0 Å². The van der Waals surface area contributed by atoms with Gasteiger partial charge < -0.3 is 10.4 Å². The Hall–Kier alpha value is -1.41. The fourth-order valence-electron chi connectivity index (χ4n) is 2.07. The molecule has 19 heavy (non-hydrogen) atoms. The standard InChI is InChI=1S/C10H12F5NO3/c11-9(12,10(13,14)15)8(19)16-4-5-2-1-3-6(5)7(17)18/h5-6H,1-4H2,(H,16,19)(H,17,18). The molecule has 2 unspecified atom stereocenters. The van der Waals surface area contributed by atoms with Gasteiger partial charge in [-0.1, -0.05) is 6.42 Å². The van der Waals surface area contributed by atoms with Crippen molar-refractivity contribution in [2.75, 3.05) is 6.54 Å². The van der Waals surface area contributed by atoms with Gasteiger partial charge in [0.1, 0.15) is 0 Å². The lowest BCUT2D eigenvalue weighted by Crippen LogP contribution is -2.51. The number of carbonyl (C=O) groups is 2. The number of aliphatic carboxylic acids is 1. The lowest BCUT2D eigenvalue weighted by molar-refractivity contribution is -0.269. The van der Waals surface area contributed by atoms with Crippen LogP contribution in [0.4, 0.5) is 22.0 Å². The van der Waals surface area contributed by atoms with Gasteiger partial charge in [0, 0.05) is 6.54 Å². The van der Waals surface area contributed by atoms with Crippen molar-refractivity contribution in [3.05, 3.63) is 0 Å². The van der Waals surface area contributed by atoms with Crippen LogP contribution in [0.2, 0.25) is 0 Å². The first-order valence-electron chi connectivity index (χ1n) is 5.53. The summed E-state index contributed by atoms with van der Waals surface area (Å²) in [6.45, 7) is -0.499. The summed E-state index contributed by atoms with van der Waals surface area (Å²) in [5, 5.41) is 10.3. The number of alkyl halides is 5. The third kappa shape index (κ3) is 3.32. The van der Waals surface area contributed by atoms with Crippen molar-refractivity contribution in [3.63, 3.8) is 0 Å². The summed E-state index contributed by atoms with van der Waals surface area (Å²) in [5.74, 6) is -10.5. The third-order valence-corrected chi connectivity index (χ3v) is 3.14. The summed E-state index contributed by atoms with van der Waals surface area (Å²) in [5.41, 5.74) is 0. The van der Waals surface area contributed by atoms with Crippen LogP contribution in [0, 0.1) is 11.8 Å². The van der Waals surface area contributed by atoms with E-state index < -0.39 is 42.4 Å². The van der Waals surface area contributed by atoms with Crippen LogP contribution in [0.15, 0.2) is 0 Å². The van der Waals surface area contributed by atoms with Crippen molar-refractivity contribution in [2.45, 2.75) is 31.4 Å². The Morgan fingerprint density at radius 1 is 1.16 bits per heavy atom. The summed E-state index contributed by atoms with van der Waals surface area (Å²) in [6, 6.07) is 0. The van der Waals surface area contributed by atoms with Crippen molar-refractivity contribution in [2.24, 2.45) is 11.8 Å². The predicted octanol–water partition coefficient (Wildman–Crippen LogP) is 1.80. The summed E-state index contributed by atoms with van der Waals surface area (Å²) in [4.78, 5) is 21.6. The molecule has 0 bridgehead atoms. The van der Waals surface area contributed by atoms with E-state index in [4.69, 9.17) is 5.11 Å². The minimum absolute atomic E-state index is 0.325. The van der Waals surface area contributed by atoms with Gasteiger partial charge in [-0.2, -0.15) is 22.0 Å². The fraction of sp³-hybridized carbons (Fsp3) is 0.800. The minimum atomic E-state index is -5.96. The molecule has 1 fully saturated rings. The molecule has 4 nitrogen and oxygen atoms in total. The zero-order valence-corrected chi connectivity index (χ0v) is 9.64. The summed E-state index contributed by atoms with van der Waals surface area (Å²) < 4.78 is 60.9. The molecule has 0 heterocycles. The SMILES string of the molecule is O=C(O)C1CCCC1CNC(=O)C(F)(F)C(F)(F)F. The Labute approximate surface area is 105 Å². The van der Waals surface area contributed by atoms with Crippen molar-refractivity contribution in [3.8, 4) is 0 Å². The van der Waals surface area contributed by atoms with Crippen LogP contribution in [0.3, 0.4) is 0 Å². The van der Waals surface area contributed by atoms with Crippen LogP contribution in [0.1, 0.15) is 19.3 Å². The quantitative estimate of drug-likeness (QED) is 0.776. The van der Waals surface area contributed by atoms with Gasteiger partial charge in [0.2, 0.25) is 0 Å². The molecule has 0 aromatic carbocycles. The number of halogens is 5. The van der Waals surface area contributed by atoms with Gasteiger partial charge in [0.15, 0.2) is 0 Å². The van der Waals surface area contributed by atoms with Gasteiger partial charge in [-0.25, -0.2) is 0 Å². The Kier molecular flexibility index (Phi) is 4.36. The highest BCUT2D eigenvalue weighted by molar-refractivity contribution is 5.84. The Morgan fingerprint density at radius 2 is 1.74 bits per heavy atom. The average Bonchev–Trinajstić information content (AvgIpc) is 2.72. The zero-order valence-electron chi connectivity index (χ0n) is 9.64. The predicted molar refractivity (Wildman–Crippen MR) is 52.5 cm³/mol. The Bertz CT molecular complexity index is 369. The van der Waals surface area contributed by atoms with E-state index in [2.05, 4.69) is 0 Å². The smallest absolute Gasteiger partial charge is 0.463 e. The molecule has 0 saturated heterocycles. The second-order valence-corrected chi connectivity index (χ2v) is 4.42. The van der Waals surface area contributed by atoms with E-state index in [1.165, 1.54) is 5.32 Å². The molecule has 1 amide bonds. The summed E-state index contributed by atoms with van der Waals surface area (Å²) >= 11 is 0. The summed E-state index contributed by atoms with van der Waals surface area (Å²) in [7, 11) is 0. The van der Waals surface area contributed by atoms with Gasteiger partial charge in [-0.15, -0.1) is 0 Å². The minimum Gasteiger partial charge on any atom is -0.481 e. The number of amides is 1. The topological polar surface area (TPSA) is 66.4 Å². The largest absolute Gasteiger partial charge is 0.481 e. The van der Waals surface area contributed by atoms with Gasteiger partial charge in [0.05, 0.1) is 5.92 Å². The van der Waals surface area contributed by atoms with E-state index in [-0.39, 0.29) is 0 Å². The van der Waals surface area contributed by atoms with Crippen LogP contribution < -0.4 is 5.32 Å². The molecule has 2 N–H and O–H groups in total. The number of hydrogen-bond acceptors (Lipinski definition) is 2. The van der Waals surface area contributed by atoms with Gasteiger partial charge >= 0.3 is 18.1 Å². The molecule has 110 valence electrons. The molecule has 1 aliphatic rings. The highest BCUT2D eigenvalue weighted by Gasteiger charge is 2.63. The number of hydrogen-bond donors (Lipinski definition) is 2. The van der Waals surface area contributed by atoms with E-state index in [0.717, 1.165) is 0 Å². The first-order valence-corrected chi connectivity index (χ1v) is 5.53. The maximum absolute atomic E-state index is 12.6. The van der Waals surface area contributed by atoms with Crippen molar-refractivity contribution >= 4 is 11.9 Å². The number of carbonyl (C=O) groups excluding carboxylic acids is 1. The van der Waals surface area contributed by atoms with Crippen LogP contribution in [-0.2, 0) is 9.59 Å². The van der Waals surface area contributed by atoms with E-state index >= 15 is 0 Å². The number of rotatable bonds is 4. The lowest BCUT2D eigenvalue weighted by Gasteiger charge is -2.21. The number of carboxylic acids is 1. The fourth-order valence-corrected chi connectivity index (χ4v) is 2.07. The van der Waals surface area contributed by atoms with E-state index in [1.807, 2.05) is 0 Å². The number of carboxylic acid groups (broad SMARTS) is 1. The molecule has 1 saturated carbocycles. The molecule has 0 aliphatic heterocycles. The second kappa shape index (κ2) is 5.30. The van der Waals surface area contributed by atoms with E-state index in [0.29, 0.717) is 19.3 Å².